The van der Waals surface area contributed by atoms with Crippen LogP contribution in [0.1, 0.15) is 23.3 Å². The standard InChI is InChI=1S/C16H17F2N3O2/c17-11-1-2-12(13(18)7-11)15-8-14(21-23-15)16(22)20-9-10-3-5-19-6-4-10/h1-2,7-8,10,19H,3-6,9H2,(H,20,22). The first kappa shape index (κ1) is 15.6. The van der Waals surface area contributed by atoms with Crippen molar-refractivity contribution < 1.29 is 18.1 Å². The molecule has 1 aromatic carbocycles. The molecule has 0 atom stereocenters. The molecular weight excluding hydrogens is 304 g/mol. The molecule has 1 saturated heterocycles. The molecule has 0 aliphatic carbocycles. The maximum atomic E-state index is 13.7. The second-order valence-corrected chi connectivity index (χ2v) is 5.60. The van der Waals surface area contributed by atoms with Crippen LogP contribution in [-0.4, -0.2) is 30.7 Å². The van der Waals surface area contributed by atoms with Gasteiger partial charge in [-0.2, -0.15) is 0 Å². The molecule has 0 spiro atoms. The molecule has 2 heterocycles. The van der Waals surface area contributed by atoms with E-state index in [9.17, 15) is 13.6 Å². The van der Waals surface area contributed by atoms with Gasteiger partial charge in [-0.3, -0.25) is 4.79 Å². The number of benzene rings is 1. The van der Waals surface area contributed by atoms with Crippen LogP contribution in [0.2, 0.25) is 0 Å². The van der Waals surface area contributed by atoms with Crippen LogP contribution < -0.4 is 10.6 Å². The molecule has 2 N–H and O–H groups in total. The minimum atomic E-state index is -0.761. The van der Waals surface area contributed by atoms with Crippen molar-refractivity contribution in [3.8, 4) is 11.3 Å². The van der Waals surface area contributed by atoms with Crippen molar-refractivity contribution in [3.63, 3.8) is 0 Å². The van der Waals surface area contributed by atoms with Crippen LogP contribution in [0.5, 0.6) is 0 Å². The van der Waals surface area contributed by atoms with E-state index in [1.165, 1.54) is 12.1 Å². The lowest BCUT2D eigenvalue weighted by molar-refractivity contribution is 0.0935. The zero-order valence-corrected chi connectivity index (χ0v) is 12.4. The molecule has 1 fully saturated rings. The summed E-state index contributed by atoms with van der Waals surface area (Å²) >= 11 is 0. The molecule has 0 bridgehead atoms. The van der Waals surface area contributed by atoms with Gasteiger partial charge in [0, 0.05) is 18.7 Å². The van der Waals surface area contributed by atoms with Gasteiger partial charge in [0.2, 0.25) is 0 Å². The molecule has 0 saturated carbocycles. The summed E-state index contributed by atoms with van der Waals surface area (Å²) in [5, 5.41) is 9.74. The third kappa shape index (κ3) is 3.73. The summed E-state index contributed by atoms with van der Waals surface area (Å²) in [7, 11) is 0. The third-order valence-electron chi connectivity index (χ3n) is 3.95. The van der Waals surface area contributed by atoms with E-state index >= 15 is 0 Å². The molecule has 5 nitrogen and oxygen atoms in total. The molecule has 0 radical (unpaired) electrons. The van der Waals surface area contributed by atoms with Gasteiger partial charge in [0.15, 0.2) is 11.5 Å². The molecule has 1 aromatic heterocycles. The molecule has 1 aliphatic rings. The van der Waals surface area contributed by atoms with Crippen molar-refractivity contribution >= 4 is 5.91 Å². The van der Waals surface area contributed by atoms with Gasteiger partial charge in [-0.1, -0.05) is 5.16 Å². The molecule has 0 unspecified atom stereocenters. The van der Waals surface area contributed by atoms with Gasteiger partial charge in [-0.05, 0) is 44.0 Å². The van der Waals surface area contributed by atoms with Crippen LogP contribution >= 0.6 is 0 Å². The summed E-state index contributed by atoms with van der Waals surface area (Å²) in [5.41, 5.74) is 0.147. The minimum Gasteiger partial charge on any atom is -0.355 e. The fourth-order valence-corrected chi connectivity index (χ4v) is 2.61. The Labute approximate surface area is 132 Å². The van der Waals surface area contributed by atoms with E-state index in [0.717, 1.165) is 38.1 Å². The van der Waals surface area contributed by atoms with Crippen molar-refractivity contribution in [1.29, 1.82) is 0 Å². The van der Waals surface area contributed by atoms with Crippen molar-refractivity contribution in [2.75, 3.05) is 19.6 Å². The quantitative estimate of drug-likeness (QED) is 0.907. The molecular formula is C16H17F2N3O2. The molecule has 122 valence electrons. The molecule has 23 heavy (non-hydrogen) atoms. The Kier molecular flexibility index (Phi) is 4.66. The summed E-state index contributed by atoms with van der Waals surface area (Å²) in [6.07, 6.45) is 2.04. The van der Waals surface area contributed by atoms with E-state index < -0.39 is 11.6 Å². The van der Waals surface area contributed by atoms with Gasteiger partial charge < -0.3 is 15.2 Å². The van der Waals surface area contributed by atoms with Crippen LogP contribution in [-0.2, 0) is 0 Å². The Morgan fingerprint density at radius 2 is 2.09 bits per heavy atom. The highest BCUT2D eigenvalue weighted by Crippen LogP contribution is 2.24. The van der Waals surface area contributed by atoms with E-state index in [4.69, 9.17) is 4.52 Å². The summed E-state index contributed by atoms with van der Waals surface area (Å²) in [6, 6.07) is 4.49. The van der Waals surface area contributed by atoms with Crippen molar-refractivity contribution in [3.05, 3.63) is 41.6 Å². The third-order valence-corrected chi connectivity index (χ3v) is 3.95. The second-order valence-electron chi connectivity index (χ2n) is 5.60. The first-order valence-corrected chi connectivity index (χ1v) is 7.54. The highest BCUT2D eigenvalue weighted by molar-refractivity contribution is 5.93. The van der Waals surface area contributed by atoms with Crippen molar-refractivity contribution in [2.45, 2.75) is 12.8 Å². The van der Waals surface area contributed by atoms with Gasteiger partial charge >= 0.3 is 0 Å². The summed E-state index contributed by atoms with van der Waals surface area (Å²) in [4.78, 5) is 12.1. The van der Waals surface area contributed by atoms with Gasteiger partial charge in [-0.25, -0.2) is 8.78 Å². The average molecular weight is 321 g/mol. The maximum absolute atomic E-state index is 13.7. The topological polar surface area (TPSA) is 67.2 Å². The number of halogens is 2. The lowest BCUT2D eigenvalue weighted by Crippen LogP contribution is -2.36. The normalized spacial score (nSPS) is 15.6. The van der Waals surface area contributed by atoms with Crippen LogP contribution in [0.15, 0.2) is 28.8 Å². The number of carbonyl (C=O) groups excluding carboxylic acids is 1. The van der Waals surface area contributed by atoms with Crippen LogP contribution in [0.3, 0.4) is 0 Å². The van der Waals surface area contributed by atoms with Gasteiger partial charge in [-0.15, -0.1) is 0 Å². The van der Waals surface area contributed by atoms with Crippen LogP contribution in [0.25, 0.3) is 11.3 Å². The van der Waals surface area contributed by atoms with Crippen molar-refractivity contribution in [2.24, 2.45) is 5.92 Å². The summed E-state index contributed by atoms with van der Waals surface area (Å²) in [6.45, 7) is 2.49. The van der Waals surface area contributed by atoms with E-state index in [1.54, 1.807) is 0 Å². The molecule has 1 amide bonds. The number of hydrogen-bond acceptors (Lipinski definition) is 4. The molecule has 7 heteroatoms. The predicted molar refractivity (Wildman–Crippen MR) is 79.8 cm³/mol. The smallest absolute Gasteiger partial charge is 0.273 e. The van der Waals surface area contributed by atoms with E-state index in [-0.39, 0.29) is 22.9 Å². The first-order valence-electron chi connectivity index (χ1n) is 7.54. The second kappa shape index (κ2) is 6.87. The van der Waals surface area contributed by atoms with Gasteiger partial charge in [0.1, 0.15) is 11.6 Å². The number of hydrogen-bond donors (Lipinski definition) is 2. The number of rotatable bonds is 4. The first-order chi connectivity index (χ1) is 11.1. The van der Waals surface area contributed by atoms with E-state index in [1.807, 2.05) is 0 Å². The Balaban J connectivity index is 1.65. The van der Waals surface area contributed by atoms with Gasteiger partial charge in [0.25, 0.3) is 5.91 Å². The highest BCUT2D eigenvalue weighted by atomic mass is 19.1. The Morgan fingerprint density at radius 3 is 2.83 bits per heavy atom. The van der Waals surface area contributed by atoms with Crippen LogP contribution in [0.4, 0.5) is 8.78 Å². The fraction of sp³-hybridized carbons (Fsp3) is 0.375. The van der Waals surface area contributed by atoms with E-state index in [0.29, 0.717) is 12.5 Å². The number of nitrogens with zero attached hydrogens (tertiary/aromatic N) is 1. The molecule has 3 rings (SSSR count). The van der Waals surface area contributed by atoms with Crippen LogP contribution in [0, 0.1) is 17.6 Å². The predicted octanol–water partition coefficient (Wildman–Crippen LogP) is 2.35. The average Bonchev–Trinajstić information content (AvgIpc) is 3.03. The maximum Gasteiger partial charge on any atom is 0.273 e. The number of amides is 1. The lowest BCUT2D eigenvalue weighted by atomic mass is 9.98. The molecule has 1 aliphatic heterocycles. The van der Waals surface area contributed by atoms with E-state index in [2.05, 4.69) is 15.8 Å². The van der Waals surface area contributed by atoms with Crippen molar-refractivity contribution in [1.82, 2.24) is 15.8 Å². The SMILES string of the molecule is O=C(NCC1CCNCC1)c1cc(-c2ccc(F)cc2F)on1. The Morgan fingerprint density at radius 1 is 1.30 bits per heavy atom. The Bertz CT molecular complexity index is 696. The highest BCUT2D eigenvalue weighted by Gasteiger charge is 2.18. The minimum absolute atomic E-state index is 0.0660. The number of nitrogens with one attached hydrogen (secondary N) is 2. The zero-order valence-electron chi connectivity index (χ0n) is 12.4. The monoisotopic (exact) mass is 321 g/mol. The fourth-order valence-electron chi connectivity index (χ4n) is 2.61. The zero-order chi connectivity index (χ0) is 16.2. The number of aromatic nitrogens is 1. The lowest BCUT2D eigenvalue weighted by Gasteiger charge is -2.22. The summed E-state index contributed by atoms with van der Waals surface area (Å²) in [5.74, 6) is -1.26. The Hall–Kier alpha value is -2.28. The largest absolute Gasteiger partial charge is 0.355 e. The number of carbonyl (C=O) groups is 1. The number of piperidine rings is 1. The summed E-state index contributed by atoms with van der Waals surface area (Å²) < 4.78 is 31.6. The molecule has 2 aromatic rings. The van der Waals surface area contributed by atoms with Gasteiger partial charge in [0.05, 0.1) is 5.56 Å².